The summed E-state index contributed by atoms with van der Waals surface area (Å²) in [6.07, 6.45) is 17.0. The zero-order chi connectivity index (χ0) is 19.4. The van der Waals surface area contributed by atoms with Gasteiger partial charge in [0.05, 0.1) is 6.10 Å². The quantitative estimate of drug-likeness (QED) is 0.537. The maximum Gasteiger partial charge on any atom is 0.0543 e. The van der Waals surface area contributed by atoms with Crippen LogP contribution in [0.5, 0.6) is 0 Å². The molecule has 1 N–H and O–H groups in total. The van der Waals surface area contributed by atoms with Crippen LogP contribution in [-0.2, 0) is 0 Å². The maximum absolute atomic E-state index is 10.2. The highest BCUT2D eigenvalue weighted by molar-refractivity contribution is 5.11. The van der Waals surface area contributed by atoms with E-state index in [9.17, 15) is 5.11 Å². The van der Waals surface area contributed by atoms with E-state index in [4.69, 9.17) is 0 Å². The summed E-state index contributed by atoms with van der Waals surface area (Å²) < 4.78 is 0. The average Bonchev–Trinajstić information content (AvgIpc) is 2.97. The summed E-state index contributed by atoms with van der Waals surface area (Å²) in [5, 5.41) is 10.2. The summed E-state index contributed by atoms with van der Waals surface area (Å²) >= 11 is 0. The number of aliphatic hydroxyl groups is 1. The van der Waals surface area contributed by atoms with Crippen molar-refractivity contribution in [3.8, 4) is 0 Å². The van der Waals surface area contributed by atoms with Crippen molar-refractivity contribution in [1.82, 2.24) is 0 Å². The molecule has 4 rings (SSSR count). The molecule has 0 aromatic carbocycles. The molecule has 1 heteroatoms. The molecule has 4 aliphatic carbocycles. The Balaban J connectivity index is 1.54. The van der Waals surface area contributed by atoms with Gasteiger partial charge in [-0.3, -0.25) is 0 Å². The lowest BCUT2D eigenvalue weighted by molar-refractivity contribution is -0.128. The molecule has 0 heterocycles. The minimum Gasteiger partial charge on any atom is -0.393 e. The van der Waals surface area contributed by atoms with Crippen molar-refractivity contribution in [2.75, 3.05) is 0 Å². The van der Waals surface area contributed by atoms with Gasteiger partial charge in [0.2, 0.25) is 0 Å². The predicted octanol–water partition coefficient (Wildman–Crippen LogP) is 6.85. The van der Waals surface area contributed by atoms with Crippen molar-refractivity contribution in [1.29, 1.82) is 0 Å². The number of hydrogen-bond donors (Lipinski definition) is 1. The fourth-order valence-corrected chi connectivity index (χ4v) is 8.67. The Bertz CT molecular complexity index is 565. The van der Waals surface area contributed by atoms with Crippen LogP contribution in [0.4, 0.5) is 0 Å². The first kappa shape index (κ1) is 20.0. The van der Waals surface area contributed by atoms with E-state index < -0.39 is 0 Å². The van der Waals surface area contributed by atoms with E-state index in [1.54, 1.807) is 0 Å². The summed E-state index contributed by atoms with van der Waals surface area (Å²) in [6.45, 7) is 12.4. The Morgan fingerprint density at radius 1 is 0.815 bits per heavy atom. The molecular weight excluding hydrogens is 328 g/mol. The molecule has 0 amide bonds. The standard InChI is InChI=1S/C26H44O/c1-17(2)6-7-18(3)22-10-11-23-21-9-8-19-16-20(27)12-14-25(19,4)24(21)13-15-26(22,23)5/h6-7,17-24,27H,8-16H2,1-5H3/b7-6+/t18-,19?,20+,21+,22-,23+,24+,25+,26-/m1/s1. The molecule has 0 aliphatic heterocycles. The minimum absolute atomic E-state index is 0.0158. The van der Waals surface area contributed by atoms with Crippen molar-refractivity contribution < 1.29 is 5.11 Å². The van der Waals surface area contributed by atoms with Gasteiger partial charge in [0.25, 0.3) is 0 Å². The van der Waals surface area contributed by atoms with Crippen molar-refractivity contribution in [2.24, 2.45) is 52.3 Å². The van der Waals surface area contributed by atoms with Crippen LogP contribution >= 0.6 is 0 Å². The fourth-order valence-electron chi connectivity index (χ4n) is 8.67. The summed E-state index contributed by atoms with van der Waals surface area (Å²) in [5.41, 5.74) is 1.09. The number of allylic oxidation sites excluding steroid dienone is 2. The van der Waals surface area contributed by atoms with Crippen LogP contribution in [0.2, 0.25) is 0 Å². The van der Waals surface area contributed by atoms with Crippen LogP contribution in [0.1, 0.15) is 92.4 Å². The van der Waals surface area contributed by atoms with E-state index in [1.165, 1.54) is 44.9 Å². The van der Waals surface area contributed by atoms with E-state index in [-0.39, 0.29) is 6.10 Å². The fraction of sp³-hybridized carbons (Fsp3) is 0.923. The molecular formula is C26H44O. The highest BCUT2D eigenvalue weighted by Gasteiger charge is 2.60. The lowest BCUT2D eigenvalue weighted by Crippen LogP contribution is -2.54. The Morgan fingerprint density at radius 3 is 2.26 bits per heavy atom. The third kappa shape index (κ3) is 3.24. The molecule has 1 unspecified atom stereocenters. The molecule has 27 heavy (non-hydrogen) atoms. The second-order valence-electron chi connectivity index (χ2n) is 11.8. The second-order valence-corrected chi connectivity index (χ2v) is 11.8. The molecule has 4 fully saturated rings. The SMILES string of the molecule is CC(C)/C=C/[C@@H](C)[C@H]1CC[C@H]2[C@@H]3CCC4C[C@@H](O)CC[C@]4(C)[C@H]3CC[C@]12C. The van der Waals surface area contributed by atoms with Gasteiger partial charge in [0.1, 0.15) is 0 Å². The van der Waals surface area contributed by atoms with E-state index in [2.05, 4.69) is 46.8 Å². The van der Waals surface area contributed by atoms with Crippen molar-refractivity contribution in [3.63, 3.8) is 0 Å². The second kappa shape index (κ2) is 7.19. The molecule has 1 nitrogen and oxygen atoms in total. The van der Waals surface area contributed by atoms with Crippen LogP contribution in [0, 0.1) is 52.3 Å². The van der Waals surface area contributed by atoms with Crippen molar-refractivity contribution >= 4 is 0 Å². The first-order chi connectivity index (χ1) is 12.8. The number of fused-ring (bicyclic) bond motifs is 5. The maximum atomic E-state index is 10.2. The Labute approximate surface area is 168 Å². The van der Waals surface area contributed by atoms with Crippen LogP contribution in [0.15, 0.2) is 12.2 Å². The van der Waals surface area contributed by atoms with Crippen LogP contribution in [-0.4, -0.2) is 11.2 Å². The summed E-state index contributed by atoms with van der Waals surface area (Å²) in [4.78, 5) is 0. The largest absolute Gasteiger partial charge is 0.393 e. The first-order valence-corrected chi connectivity index (χ1v) is 12.1. The topological polar surface area (TPSA) is 20.2 Å². The van der Waals surface area contributed by atoms with Gasteiger partial charge in [-0.1, -0.05) is 46.8 Å². The summed E-state index contributed by atoms with van der Waals surface area (Å²) in [5.74, 6) is 5.93. The van der Waals surface area contributed by atoms with Crippen LogP contribution < -0.4 is 0 Å². The number of aliphatic hydroxyl groups excluding tert-OH is 1. The Kier molecular flexibility index (Phi) is 5.32. The molecule has 4 aliphatic rings. The summed E-state index contributed by atoms with van der Waals surface area (Å²) in [7, 11) is 0. The van der Waals surface area contributed by atoms with Crippen LogP contribution in [0.3, 0.4) is 0 Å². The highest BCUT2D eigenvalue weighted by Crippen LogP contribution is 2.68. The molecule has 0 saturated heterocycles. The molecule has 9 atom stereocenters. The van der Waals surface area contributed by atoms with E-state index >= 15 is 0 Å². The first-order valence-electron chi connectivity index (χ1n) is 12.1. The third-order valence-corrected chi connectivity index (χ3v) is 10.1. The third-order valence-electron chi connectivity index (χ3n) is 10.1. The van der Waals surface area contributed by atoms with E-state index in [1.807, 2.05) is 0 Å². The van der Waals surface area contributed by atoms with Crippen molar-refractivity contribution in [2.45, 2.75) is 98.5 Å². The van der Waals surface area contributed by atoms with Gasteiger partial charge in [-0.25, -0.2) is 0 Å². The predicted molar refractivity (Wildman–Crippen MR) is 114 cm³/mol. The molecule has 0 radical (unpaired) electrons. The van der Waals surface area contributed by atoms with E-state index in [0.717, 1.165) is 48.3 Å². The van der Waals surface area contributed by atoms with E-state index in [0.29, 0.717) is 16.7 Å². The van der Waals surface area contributed by atoms with Gasteiger partial charge in [-0.15, -0.1) is 0 Å². The summed E-state index contributed by atoms with van der Waals surface area (Å²) in [6, 6.07) is 0. The monoisotopic (exact) mass is 372 g/mol. The Hall–Kier alpha value is -0.300. The van der Waals surface area contributed by atoms with Gasteiger partial charge in [-0.2, -0.15) is 0 Å². The highest BCUT2D eigenvalue weighted by atomic mass is 16.3. The molecule has 0 bridgehead atoms. The lowest BCUT2D eigenvalue weighted by Gasteiger charge is -2.61. The number of hydrogen-bond acceptors (Lipinski definition) is 1. The normalized spacial score (nSPS) is 51.1. The Morgan fingerprint density at radius 2 is 1.52 bits per heavy atom. The average molecular weight is 373 g/mol. The lowest BCUT2D eigenvalue weighted by atomic mass is 9.44. The van der Waals surface area contributed by atoms with Gasteiger partial charge in [0.15, 0.2) is 0 Å². The smallest absolute Gasteiger partial charge is 0.0543 e. The van der Waals surface area contributed by atoms with Gasteiger partial charge in [-0.05, 0) is 110 Å². The van der Waals surface area contributed by atoms with Crippen LogP contribution in [0.25, 0.3) is 0 Å². The molecule has 4 saturated carbocycles. The van der Waals surface area contributed by atoms with Gasteiger partial charge < -0.3 is 5.11 Å². The zero-order valence-corrected chi connectivity index (χ0v) is 18.6. The minimum atomic E-state index is -0.0158. The van der Waals surface area contributed by atoms with Gasteiger partial charge >= 0.3 is 0 Å². The molecule has 0 aromatic rings. The van der Waals surface area contributed by atoms with Gasteiger partial charge in [0, 0.05) is 0 Å². The zero-order valence-electron chi connectivity index (χ0n) is 18.6. The molecule has 0 aromatic heterocycles. The molecule has 0 spiro atoms. The molecule has 154 valence electrons. The number of rotatable bonds is 3. The van der Waals surface area contributed by atoms with Crippen molar-refractivity contribution in [3.05, 3.63) is 12.2 Å².